The van der Waals surface area contributed by atoms with Crippen LogP contribution in [0.3, 0.4) is 0 Å². The maximum atomic E-state index is 13.1. The summed E-state index contributed by atoms with van der Waals surface area (Å²) >= 11 is 0. The third-order valence-electron chi connectivity index (χ3n) is 7.10. The quantitative estimate of drug-likeness (QED) is 0.296. The minimum absolute atomic E-state index is 0.0888. The van der Waals surface area contributed by atoms with Gasteiger partial charge < -0.3 is 33.2 Å². The predicted molar refractivity (Wildman–Crippen MR) is 157 cm³/mol. The second-order valence-corrected chi connectivity index (χ2v) is 10.6. The number of hydrogen-bond donors (Lipinski definition) is 2. The molecule has 0 spiro atoms. The van der Waals surface area contributed by atoms with Gasteiger partial charge in [0.2, 0.25) is 23.6 Å². The average molecular weight is 607 g/mol. The Kier molecular flexibility index (Phi) is 7.23. The Labute approximate surface area is 255 Å². The summed E-state index contributed by atoms with van der Waals surface area (Å²) in [5.41, 5.74) is 4.41. The Morgan fingerprint density at radius 3 is 1.73 bits per heavy atom. The molecule has 0 unspecified atom stereocenters. The Morgan fingerprint density at radius 2 is 1.16 bits per heavy atom. The van der Waals surface area contributed by atoms with Crippen LogP contribution in [0.2, 0.25) is 0 Å². The molecule has 14 heteroatoms. The van der Waals surface area contributed by atoms with E-state index in [9.17, 15) is 9.59 Å². The molecule has 12 bridgehead atoms. The van der Waals surface area contributed by atoms with E-state index in [1.54, 1.807) is 18.2 Å². The first-order valence-electron chi connectivity index (χ1n) is 14.0. The molecular formula is C31H26N8O6. The summed E-state index contributed by atoms with van der Waals surface area (Å²) in [7, 11) is 4.00. The van der Waals surface area contributed by atoms with Gasteiger partial charge in [-0.3, -0.25) is 9.59 Å². The topological polar surface area (TPSA) is 178 Å². The number of pyridine rings is 1. The molecule has 5 aromatic heterocycles. The monoisotopic (exact) mass is 606 g/mol. The minimum Gasteiger partial charge on any atom is -0.442 e. The Hall–Kier alpha value is -5.89. The summed E-state index contributed by atoms with van der Waals surface area (Å²) in [6.45, 7) is 1.30. The van der Waals surface area contributed by atoms with Crippen molar-refractivity contribution in [3.63, 3.8) is 0 Å². The maximum absolute atomic E-state index is 13.1. The Bertz CT molecular complexity index is 2020. The molecule has 1 aromatic carbocycles. The van der Waals surface area contributed by atoms with Crippen molar-refractivity contribution in [3.8, 4) is 46.3 Å². The number of carbonyl (C=O) groups excluding carboxylic acids is 2. The number of hydrogen-bond acceptors (Lipinski definition) is 12. The van der Waals surface area contributed by atoms with Crippen molar-refractivity contribution in [2.75, 3.05) is 20.6 Å². The van der Waals surface area contributed by atoms with E-state index in [-0.39, 0.29) is 48.0 Å². The smallest absolute Gasteiger partial charge is 0.273 e. The van der Waals surface area contributed by atoms with E-state index >= 15 is 0 Å². The molecule has 6 aromatic rings. The largest absolute Gasteiger partial charge is 0.442 e. The molecular weight excluding hydrogens is 580 g/mol. The van der Waals surface area contributed by atoms with Gasteiger partial charge in [0.05, 0.1) is 0 Å². The highest BCUT2D eigenvalue weighted by molar-refractivity contribution is 5.93. The normalized spacial score (nSPS) is 13.3. The maximum Gasteiger partial charge on any atom is 0.273 e. The molecule has 45 heavy (non-hydrogen) atoms. The molecule has 2 N–H and O–H groups in total. The number of fused-ring (bicyclic) bond motifs is 16. The first-order valence-corrected chi connectivity index (χ1v) is 14.0. The van der Waals surface area contributed by atoms with E-state index < -0.39 is 11.8 Å². The molecule has 7 rings (SSSR count). The van der Waals surface area contributed by atoms with Crippen LogP contribution in [0, 0.1) is 0 Å². The van der Waals surface area contributed by atoms with E-state index in [1.807, 2.05) is 32.3 Å². The number of nitrogens with one attached hydrogen (secondary N) is 2. The lowest BCUT2D eigenvalue weighted by molar-refractivity contribution is 0.0938. The van der Waals surface area contributed by atoms with E-state index in [4.69, 9.17) is 17.7 Å². The third-order valence-corrected chi connectivity index (χ3v) is 7.10. The van der Waals surface area contributed by atoms with Crippen molar-refractivity contribution >= 4 is 11.8 Å². The highest BCUT2D eigenvalue weighted by atomic mass is 16.4. The van der Waals surface area contributed by atoms with Crippen LogP contribution in [-0.2, 0) is 19.5 Å². The van der Waals surface area contributed by atoms with Gasteiger partial charge in [-0.1, -0.05) is 24.3 Å². The first kappa shape index (κ1) is 27.9. The fourth-order valence-corrected chi connectivity index (χ4v) is 4.72. The van der Waals surface area contributed by atoms with Gasteiger partial charge in [0.25, 0.3) is 11.8 Å². The molecule has 1 aliphatic heterocycles. The number of carbonyl (C=O) groups is 2. The number of likely N-dealkylation sites (N-methyl/N-ethyl adjacent to an activating group) is 1. The third kappa shape index (κ3) is 5.86. The molecule has 226 valence electrons. The first-order chi connectivity index (χ1) is 21.9. The Balaban J connectivity index is 1.24. The highest BCUT2D eigenvalue weighted by Gasteiger charge is 2.21. The van der Waals surface area contributed by atoms with Crippen LogP contribution in [0.4, 0.5) is 0 Å². The zero-order valence-electron chi connectivity index (χ0n) is 24.2. The summed E-state index contributed by atoms with van der Waals surface area (Å²) in [6.07, 6.45) is 6.06. The minimum atomic E-state index is -0.420. The lowest BCUT2D eigenvalue weighted by Gasteiger charge is -2.15. The van der Waals surface area contributed by atoms with Crippen molar-refractivity contribution in [3.05, 3.63) is 89.5 Å². The summed E-state index contributed by atoms with van der Waals surface area (Å²) in [5.74, 6) is -0.200. The zero-order chi connectivity index (χ0) is 30.9. The van der Waals surface area contributed by atoms with Crippen LogP contribution in [0.15, 0.2) is 79.1 Å². The van der Waals surface area contributed by atoms with Gasteiger partial charge in [-0.05, 0) is 49.3 Å². The molecule has 1 aliphatic rings. The van der Waals surface area contributed by atoms with Gasteiger partial charge in [0.15, 0.2) is 22.8 Å². The van der Waals surface area contributed by atoms with E-state index in [0.717, 1.165) is 29.7 Å². The van der Waals surface area contributed by atoms with Crippen molar-refractivity contribution in [1.29, 1.82) is 0 Å². The lowest BCUT2D eigenvalue weighted by Crippen LogP contribution is -2.25. The van der Waals surface area contributed by atoms with Crippen LogP contribution >= 0.6 is 0 Å². The number of amides is 2. The molecule has 14 nitrogen and oxygen atoms in total. The fourth-order valence-electron chi connectivity index (χ4n) is 4.72. The number of aromatic nitrogens is 5. The molecule has 0 saturated heterocycles. The Morgan fingerprint density at radius 1 is 0.644 bits per heavy atom. The van der Waals surface area contributed by atoms with Crippen LogP contribution in [0.5, 0.6) is 0 Å². The summed E-state index contributed by atoms with van der Waals surface area (Å²) in [4.78, 5) is 50.2. The van der Waals surface area contributed by atoms with Gasteiger partial charge in [-0.2, -0.15) is 0 Å². The van der Waals surface area contributed by atoms with Crippen molar-refractivity contribution < 1.29 is 27.3 Å². The second-order valence-electron chi connectivity index (χ2n) is 10.6. The number of benzene rings is 1. The summed E-state index contributed by atoms with van der Waals surface area (Å²) in [6, 6.07) is 11.1. The van der Waals surface area contributed by atoms with E-state index in [0.29, 0.717) is 22.8 Å². The molecule has 0 fully saturated rings. The molecule has 0 saturated carbocycles. The number of rotatable bonds is 3. The average Bonchev–Trinajstić information content (AvgIpc) is 3.87. The zero-order valence-corrected chi connectivity index (χ0v) is 24.2. The van der Waals surface area contributed by atoms with Crippen molar-refractivity contribution in [2.24, 2.45) is 0 Å². The van der Waals surface area contributed by atoms with Gasteiger partial charge in [0.1, 0.15) is 36.4 Å². The number of nitrogens with zero attached hydrogens (tertiary/aromatic N) is 6. The molecule has 2 amide bonds. The van der Waals surface area contributed by atoms with Crippen LogP contribution in [0.25, 0.3) is 46.3 Å². The molecule has 0 radical (unpaired) electrons. The second kappa shape index (κ2) is 11.7. The van der Waals surface area contributed by atoms with Crippen molar-refractivity contribution in [1.82, 2.24) is 40.5 Å². The van der Waals surface area contributed by atoms with Gasteiger partial charge in [-0.15, -0.1) is 0 Å². The lowest BCUT2D eigenvalue weighted by atomic mass is 10.0. The SMILES string of the molecule is CN(C)CCc1ccc2cc1CNC(=O)c1coc(n1)-c1coc(n1)-c1cccc(n1)-c1nc(co1)-c1nc(co1)C(=O)NC2. The molecule has 6 heterocycles. The van der Waals surface area contributed by atoms with Gasteiger partial charge in [-0.25, -0.2) is 24.9 Å². The van der Waals surface area contributed by atoms with Crippen LogP contribution in [-0.4, -0.2) is 62.3 Å². The van der Waals surface area contributed by atoms with Gasteiger partial charge in [0, 0.05) is 19.6 Å². The van der Waals surface area contributed by atoms with Crippen LogP contribution in [0.1, 0.15) is 37.7 Å². The van der Waals surface area contributed by atoms with E-state index in [2.05, 4.69) is 40.5 Å². The summed E-state index contributed by atoms with van der Waals surface area (Å²) < 4.78 is 22.4. The van der Waals surface area contributed by atoms with Crippen LogP contribution < -0.4 is 10.6 Å². The van der Waals surface area contributed by atoms with Gasteiger partial charge >= 0.3 is 0 Å². The standard InChI is InChI=1S/C31H26N8O6/c1-39(2)9-8-18-7-6-17-10-19(18)12-33-27(41)23-14-43-31(36-23)25-16-45-29(38-25)21-5-3-4-20(34-21)28-37-24(15-44-28)30-35-22(13-42-30)26(40)32-11-17/h3-7,10,13-16H,8-9,11-12H2,1-2H3,(H,32,40)(H,33,41). The summed E-state index contributed by atoms with van der Waals surface area (Å²) in [5, 5.41) is 5.80. The molecule has 0 atom stereocenters. The highest BCUT2D eigenvalue weighted by Crippen LogP contribution is 2.27. The van der Waals surface area contributed by atoms with E-state index in [1.165, 1.54) is 25.1 Å². The fraction of sp³-hybridized carbons (Fsp3) is 0.194. The molecule has 0 aliphatic carbocycles. The number of oxazole rings is 4. The predicted octanol–water partition coefficient (Wildman–Crippen LogP) is 3.98. The van der Waals surface area contributed by atoms with Crippen molar-refractivity contribution in [2.45, 2.75) is 19.5 Å².